The Labute approximate surface area is 203 Å². The minimum atomic E-state index is -0.822. The Kier molecular flexibility index (Phi) is 8.53. The van der Waals surface area contributed by atoms with Gasteiger partial charge in [0.25, 0.3) is 0 Å². The van der Waals surface area contributed by atoms with Crippen LogP contribution in [-0.4, -0.2) is 59.9 Å². The zero-order valence-corrected chi connectivity index (χ0v) is 21.1. The van der Waals surface area contributed by atoms with Crippen LogP contribution in [0, 0.1) is 0 Å². The van der Waals surface area contributed by atoms with Gasteiger partial charge < -0.3 is 25.0 Å². The van der Waals surface area contributed by atoms with Crippen LogP contribution >= 0.6 is 0 Å². The lowest BCUT2D eigenvalue weighted by atomic mass is 9.90. The molecule has 0 aliphatic carbocycles. The normalized spacial score (nSPS) is 13.8. The summed E-state index contributed by atoms with van der Waals surface area (Å²) in [6.45, 7) is 9.51. The van der Waals surface area contributed by atoms with E-state index in [-0.39, 0.29) is 0 Å². The molecule has 34 heavy (non-hydrogen) atoms. The number of fused-ring (bicyclic) bond motifs is 1. The van der Waals surface area contributed by atoms with Crippen LogP contribution in [0.4, 0.5) is 0 Å². The van der Waals surface area contributed by atoms with E-state index in [9.17, 15) is 5.11 Å². The molecule has 3 N–H and O–H groups in total. The van der Waals surface area contributed by atoms with Crippen molar-refractivity contribution in [1.82, 2.24) is 20.2 Å². The molecule has 0 saturated carbocycles. The number of hydrogen-bond donors (Lipinski definition) is 3. The number of nitrogens with one attached hydrogen (secondary N) is 2. The third-order valence-electron chi connectivity index (χ3n) is 6.09. The van der Waals surface area contributed by atoms with Gasteiger partial charge in [0.2, 0.25) is 0 Å². The number of ether oxygens (including phenoxy) is 1. The third kappa shape index (κ3) is 6.27. The number of pyridine rings is 1. The van der Waals surface area contributed by atoms with Gasteiger partial charge in [0.1, 0.15) is 11.4 Å². The number of aromatic nitrogens is 2. The van der Waals surface area contributed by atoms with Crippen LogP contribution in [-0.2, 0) is 6.42 Å². The zero-order chi connectivity index (χ0) is 24.7. The molecule has 0 saturated heterocycles. The molecular formula is C28H38N4O2. The SMILES string of the molecule is C=C/C(=C\NC)c1cnc2[nH]c(-c3ccc(OCCCN(C)C)cc3)c(CC(C)(O)CC)c2c1. The van der Waals surface area contributed by atoms with Gasteiger partial charge in [-0.2, -0.15) is 0 Å². The van der Waals surface area contributed by atoms with E-state index in [1.807, 2.05) is 51.5 Å². The Hall–Kier alpha value is -3.09. The summed E-state index contributed by atoms with van der Waals surface area (Å²) in [5.41, 5.74) is 4.99. The van der Waals surface area contributed by atoms with Crippen molar-refractivity contribution in [3.8, 4) is 17.0 Å². The van der Waals surface area contributed by atoms with Crippen LogP contribution in [0.15, 0.2) is 55.4 Å². The molecule has 0 amide bonds. The van der Waals surface area contributed by atoms with E-state index in [0.29, 0.717) is 19.4 Å². The first-order valence-electron chi connectivity index (χ1n) is 11.9. The van der Waals surface area contributed by atoms with Gasteiger partial charge in [-0.1, -0.05) is 19.6 Å². The fourth-order valence-electron chi connectivity index (χ4n) is 3.92. The minimum Gasteiger partial charge on any atom is -0.494 e. The van der Waals surface area contributed by atoms with Crippen LogP contribution < -0.4 is 10.1 Å². The van der Waals surface area contributed by atoms with Crippen molar-refractivity contribution in [2.75, 3.05) is 34.3 Å². The van der Waals surface area contributed by atoms with Crippen molar-refractivity contribution in [2.45, 2.75) is 38.7 Å². The summed E-state index contributed by atoms with van der Waals surface area (Å²) < 4.78 is 5.90. The number of H-pyrrole nitrogens is 1. The molecule has 6 heteroatoms. The predicted molar refractivity (Wildman–Crippen MR) is 142 cm³/mol. The first kappa shape index (κ1) is 25.5. The fourth-order valence-corrected chi connectivity index (χ4v) is 3.92. The van der Waals surface area contributed by atoms with Crippen LogP contribution in [0.25, 0.3) is 27.9 Å². The molecule has 1 aromatic carbocycles. The van der Waals surface area contributed by atoms with Gasteiger partial charge in [0, 0.05) is 43.4 Å². The second kappa shape index (κ2) is 11.4. The number of rotatable bonds is 12. The highest BCUT2D eigenvalue weighted by Crippen LogP contribution is 2.35. The average molecular weight is 463 g/mol. The lowest BCUT2D eigenvalue weighted by molar-refractivity contribution is 0.0569. The zero-order valence-electron chi connectivity index (χ0n) is 21.1. The summed E-state index contributed by atoms with van der Waals surface area (Å²) in [5.74, 6) is 0.856. The number of nitrogens with zero attached hydrogens (tertiary/aromatic N) is 2. The number of allylic oxidation sites excluding steroid dienone is 2. The van der Waals surface area contributed by atoms with E-state index in [0.717, 1.165) is 57.7 Å². The molecule has 0 spiro atoms. The molecule has 3 rings (SSSR count). The topological polar surface area (TPSA) is 73.4 Å². The maximum atomic E-state index is 10.9. The van der Waals surface area contributed by atoms with Crippen LogP contribution in [0.3, 0.4) is 0 Å². The summed E-state index contributed by atoms with van der Waals surface area (Å²) in [6, 6.07) is 10.3. The maximum absolute atomic E-state index is 10.9. The molecule has 0 aliphatic rings. The molecule has 6 nitrogen and oxygen atoms in total. The standard InChI is InChI=1S/C28H38N4O2/c1-7-20(18-29-4)22-16-24-25(17-28(3,33)8-2)26(31-27(24)30-19-22)21-10-12-23(13-11-21)34-15-9-14-32(5)6/h7,10-13,16,18-19,29,33H,1,8-9,14-15,17H2,2-6H3,(H,30,31)/b20-18+. The highest BCUT2D eigenvalue weighted by molar-refractivity contribution is 5.91. The summed E-state index contributed by atoms with van der Waals surface area (Å²) in [5, 5.41) is 15.0. The molecule has 0 fully saturated rings. The highest BCUT2D eigenvalue weighted by Gasteiger charge is 2.24. The van der Waals surface area contributed by atoms with Gasteiger partial charge >= 0.3 is 0 Å². The second-order valence-electron chi connectivity index (χ2n) is 9.25. The highest BCUT2D eigenvalue weighted by atomic mass is 16.5. The van der Waals surface area contributed by atoms with Crippen LogP contribution in [0.5, 0.6) is 5.75 Å². The Balaban J connectivity index is 1.99. The summed E-state index contributed by atoms with van der Waals surface area (Å²) in [6.07, 6.45) is 7.72. The molecule has 182 valence electrons. The number of aromatic amines is 1. The Morgan fingerprint density at radius 1 is 1.29 bits per heavy atom. The van der Waals surface area contributed by atoms with Gasteiger partial charge in [-0.15, -0.1) is 0 Å². The van der Waals surface area contributed by atoms with Crippen LogP contribution in [0.2, 0.25) is 0 Å². The largest absolute Gasteiger partial charge is 0.494 e. The number of aliphatic hydroxyl groups is 1. The van der Waals surface area contributed by atoms with Crippen LogP contribution in [0.1, 0.15) is 37.8 Å². The summed E-state index contributed by atoms with van der Waals surface area (Å²) in [7, 11) is 5.99. The van der Waals surface area contributed by atoms with Crippen molar-refractivity contribution in [3.63, 3.8) is 0 Å². The van der Waals surface area contributed by atoms with E-state index in [1.165, 1.54) is 0 Å². The lowest BCUT2D eigenvalue weighted by Gasteiger charge is -2.22. The average Bonchev–Trinajstić information content (AvgIpc) is 3.17. The summed E-state index contributed by atoms with van der Waals surface area (Å²) >= 11 is 0. The Morgan fingerprint density at radius 2 is 2.03 bits per heavy atom. The molecule has 3 aromatic rings. The van der Waals surface area contributed by atoms with E-state index < -0.39 is 5.60 Å². The molecule has 0 bridgehead atoms. The Morgan fingerprint density at radius 3 is 2.65 bits per heavy atom. The van der Waals surface area contributed by atoms with E-state index in [2.05, 4.69) is 54.1 Å². The third-order valence-corrected chi connectivity index (χ3v) is 6.09. The number of hydrogen-bond acceptors (Lipinski definition) is 5. The first-order chi connectivity index (χ1) is 16.3. The number of benzene rings is 1. The maximum Gasteiger partial charge on any atom is 0.138 e. The van der Waals surface area contributed by atoms with E-state index in [1.54, 1.807) is 0 Å². The van der Waals surface area contributed by atoms with Crippen molar-refractivity contribution in [3.05, 3.63) is 66.5 Å². The molecule has 0 aliphatic heterocycles. The van der Waals surface area contributed by atoms with Gasteiger partial charge in [0.05, 0.1) is 17.9 Å². The van der Waals surface area contributed by atoms with Crippen molar-refractivity contribution < 1.29 is 9.84 Å². The van der Waals surface area contributed by atoms with Gasteiger partial charge in [-0.25, -0.2) is 4.98 Å². The molecule has 2 aromatic heterocycles. The molecule has 1 atom stereocenters. The quantitative estimate of drug-likeness (QED) is 0.261. The fraction of sp³-hybridized carbons (Fsp3) is 0.393. The van der Waals surface area contributed by atoms with Crippen molar-refractivity contribution >= 4 is 16.6 Å². The molecule has 1 unspecified atom stereocenters. The summed E-state index contributed by atoms with van der Waals surface area (Å²) in [4.78, 5) is 10.3. The van der Waals surface area contributed by atoms with Gasteiger partial charge in [-0.3, -0.25) is 0 Å². The first-order valence-corrected chi connectivity index (χ1v) is 11.9. The monoisotopic (exact) mass is 462 g/mol. The second-order valence-corrected chi connectivity index (χ2v) is 9.25. The van der Waals surface area contributed by atoms with E-state index >= 15 is 0 Å². The lowest BCUT2D eigenvalue weighted by Crippen LogP contribution is -2.26. The Bertz CT molecular complexity index is 1130. The van der Waals surface area contributed by atoms with Gasteiger partial charge in [-0.05, 0) is 80.9 Å². The van der Waals surface area contributed by atoms with E-state index in [4.69, 9.17) is 9.72 Å². The van der Waals surface area contributed by atoms with Gasteiger partial charge in [0.15, 0.2) is 0 Å². The molecular weight excluding hydrogens is 424 g/mol. The smallest absolute Gasteiger partial charge is 0.138 e. The van der Waals surface area contributed by atoms with Crippen molar-refractivity contribution in [1.29, 1.82) is 0 Å². The molecule has 0 radical (unpaired) electrons. The van der Waals surface area contributed by atoms with Crippen molar-refractivity contribution in [2.24, 2.45) is 0 Å². The minimum absolute atomic E-state index is 0.520. The predicted octanol–water partition coefficient (Wildman–Crippen LogP) is 5.01. The molecule has 2 heterocycles.